The lowest BCUT2D eigenvalue weighted by Crippen LogP contribution is -2.29. The van der Waals surface area contributed by atoms with Crippen molar-refractivity contribution in [1.29, 1.82) is 0 Å². The minimum Gasteiger partial charge on any atom is -0.497 e. The number of benzene rings is 2. The molecule has 2 heterocycles. The normalized spacial score (nSPS) is 16.2. The number of ether oxygens (including phenoxy) is 1. The molecule has 0 saturated carbocycles. The molecule has 0 radical (unpaired) electrons. The van der Waals surface area contributed by atoms with Crippen LogP contribution in [0, 0.1) is 6.92 Å². The van der Waals surface area contributed by atoms with E-state index in [1.165, 1.54) is 25.3 Å². The number of fused-ring (bicyclic) bond motifs is 1. The van der Waals surface area contributed by atoms with E-state index in [1.54, 1.807) is 25.1 Å². The highest BCUT2D eigenvalue weighted by atomic mass is 32.2. The Hall–Kier alpha value is -2.70. The molecule has 1 fully saturated rings. The molecule has 0 atom stereocenters. The second kappa shape index (κ2) is 7.22. The zero-order valence-electron chi connectivity index (χ0n) is 15.9. The van der Waals surface area contributed by atoms with Gasteiger partial charge in [-0.1, -0.05) is 17.4 Å². The molecule has 1 amide bonds. The third kappa shape index (κ3) is 3.61. The maximum absolute atomic E-state index is 13.0. The first kappa shape index (κ1) is 20.6. The van der Waals surface area contributed by atoms with Crippen LogP contribution in [0.5, 0.6) is 5.75 Å². The van der Waals surface area contributed by atoms with Crippen molar-refractivity contribution in [2.75, 3.05) is 21.9 Å². The topological polar surface area (TPSA) is 123 Å². The lowest BCUT2D eigenvalue weighted by Gasteiger charge is -2.17. The molecule has 0 aliphatic carbocycles. The van der Waals surface area contributed by atoms with Crippen LogP contribution in [0.2, 0.25) is 0 Å². The number of nitrogens with one attached hydrogen (secondary N) is 1. The average Bonchev–Trinajstić information content (AvgIpc) is 3.20. The molecule has 0 unspecified atom stereocenters. The molecule has 158 valence electrons. The van der Waals surface area contributed by atoms with E-state index in [2.05, 4.69) is 9.71 Å². The second-order valence-corrected chi connectivity index (χ2v) is 11.3. The van der Waals surface area contributed by atoms with Crippen LogP contribution in [0.4, 0.5) is 10.8 Å². The summed E-state index contributed by atoms with van der Waals surface area (Å²) in [6.45, 7) is 1.59. The minimum atomic E-state index is -4.08. The van der Waals surface area contributed by atoms with Crippen molar-refractivity contribution >= 4 is 58.3 Å². The third-order valence-corrected chi connectivity index (χ3v) is 8.83. The fourth-order valence-corrected chi connectivity index (χ4v) is 6.97. The Kier molecular flexibility index (Phi) is 4.95. The van der Waals surface area contributed by atoms with Crippen LogP contribution in [-0.4, -0.2) is 40.6 Å². The summed E-state index contributed by atoms with van der Waals surface area (Å²) in [6, 6.07) is 9.27. The first-order valence-corrected chi connectivity index (χ1v) is 12.7. The number of hydrogen-bond donors (Lipinski definition) is 1. The predicted molar refractivity (Wildman–Crippen MR) is 114 cm³/mol. The van der Waals surface area contributed by atoms with E-state index < -0.39 is 26.0 Å². The maximum Gasteiger partial charge on any atom is 0.264 e. The van der Waals surface area contributed by atoms with E-state index in [-0.39, 0.29) is 27.9 Å². The summed E-state index contributed by atoms with van der Waals surface area (Å²) in [6.07, 6.45) is -0.133. The van der Waals surface area contributed by atoms with E-state index in [9.17, 15) is 21.6 Å². The quantitative estimate of drug-likeness (QED) is 0.611. The van der Waals surface area contributed by atoms with Gasteiger partial charge in [0, 0.05) is 6.42 Å². The van der Waals surface area contributed by atoms with Gasteiger partial charge in [-0.3, -0.25) is 9.52 Å². The van der Waals surface area contributed by atoms with Gasteiger partial charge in [-0.25, -0.2) is 26.1 Å². The highest BCUT2D eigenvalue weighted by Gasteiger charge is 2.37. The average molecular weight is 468 g/mol. The van der Waals surface area contributed by atoms with Crippen molar-refractivity contribution in [3.63, 3.8) is 0 Å². The molecule has 1 aliphatic rings. The number of amides is 1. The summed E-state index contributed by atoms with van der Waals surface area (Å²) >= 11 is 1.14. The first-order chi connectivity index (χ1) is 14.1. The van der Waals surface area contributed by atoms with Crippen molar-refractivity contribution in [1.82, 2.24) is 4.98 Å². The summed E-state index contributed by atoms with van der Waals surface area (Å²) in [4.78, 5) is 16.2. The number of aryl methyl sites for hydroxylation is 1. The summed E-state index contributed by atoms with van der Waals surface area (Å²) in [7, 11) is -6.35. The van der Waals surface area contributed by atoms with Gasteiger partial charge in [0.2, 0.25) is 15.9 Å². The van der Waals surface area contributed by atoms with Gasteiger partial charge in [-0.15, -0.1) is 0 Å². The lowest BCUT2D eigenvalue weighted by atomic mass is 10.2. The molecule has 2 aromatic carbocycles. The van der Waals surface area contributed by atoms with Gasteiger partial charge in [0.1, 0.15) is 5.75 Å². The molecule has 3 aromatic rings. The standard InChI is InChI=1S/C18H17N3O6S3/c1-11-3-4-12(21-17(22)7-8-29(21,23)24)9-16(11)30(25,26)20-18-19-14-6-5-13(27-2)10-15(14)28-18/h3-6,9-10H,7-8H2,1-2H3,(H,19,20). The lowest BCUT2D eigenvalue weighted by molar-refractivity contribution is -0.116. The number of carbonyl (C=O) groups is 1. The molecule has 12 heteroatoms. The second-order valence-electron chi connectivity index (χ2n) is 6.63. The van der Waals surface area contributed by atoms with Crippen LogP contribution in [0.3, 0.4) is 0 Å². The van der Waals surface area contributed by atoms with Crippen molar-refractivity contribution < 1.29 is 26.4 Å². The number of aromatic nitrogens is 1. The van der Waals surface area contributed by atoms with Crippen molar-refractivity contribution in [3.8, 4) is 5.75 Å². The van der Waals surface area contributed by atoms with Gasteiger partial charge < -0.3 is 4.74 Å². The number of methoxy groups -OCH3 is 1. The fraction of sp³-hybridized carbons (Fsp3) is 0.222. The molecule has 1 N–H and O–H groups in total. The van der Waals surface area contributed by atoms with E-state index >= 15 is 0 Å². The first-order valence-electron chi connectivity index (χ1n) is 8.74. The Balaban J connectivity index is 1.71. The number of thiazole rings is 1. The molecular weight excluding hydrogens is 450 g/mol. The fourth-order valence-electron chi connectivity index (χ4n) is 3.12. The predicted octanol–water partition coefficient (Wildman–Crippen LogP) is 2.48. The van der Waals surface area contributed by atoms with Gasteiger partial charge in [-0.2, -0.15) is 0 Å². The Labute approximate surface area is 177 Å². The molecule has 0 spiro atoms. The molecule has 1 aliphatic heterocycles. The zero-order valence-corrected chi connectivity index (χ0v) is 18.4. The van der Waals surface area contributed by atoms with Crippen LogP contribution < -0.4 is 13.8 Å². The van der Waals surface area contributed by atoms with Gasteiger partial charge >= 0.3 is 0 Å². The molecular formula is C18H17N3O6S3. The molecule has 0 bridgehead atoms. The third-order valence-electron chi connectivity index (χ3n) is 4.59. The summed E-state index contributed by atoms with van der Waals surface area (Å²) in [5.41, 5.74) is 1.01. The van der Waals surface area contributed by atoms with E-state index in [4.69, 9.17) is 4.74 Å². The highest BCUT2D eigenvalue weighted by molar-refractivity contribution is 7.94. The van der Waals surface area contributed by atoms with Gasteiger partial charge in [0.05, 0.1) is 33.7 Å². The number of sulfonamides is 2. The Morgan fingerprint density at radius 2 is 1.97 bits per heavy atom. The smallest absolute Gasteiger partial charge is 0.264 e. The zero-order chi connectivity index (χ0) is 21.7. The van der Waals surface area contributed by atoms with E-state index in [0.717, 1.165) is 16.0 Å². The van der Waals surface area contributed by atoms with E-state index in [0.29, 0.717) is 21.1 Å². The van der Waals surface area contributed by atoms with Crippen molar-refractivity contribution in [2.45, 2.75) is 18.2 Å². The van der Waals surface area contributed by atoms with Crippen LogP contribution in [0.1, 0.15) is 12.0 Å². The largest absolute Gasteiger partial charge is 0.497 e. The van der Waals surface area contributed by atoms with Crippen molar-refractivity contribution in [3.05, 3.63) is 42.0 Å². The SMILES string of the molecule is COc1ccc2nc(NS(=O)(=O)c3cc(N4C(=O)CCS4(=O)=O)ccc3C)sc2c1. The monoisotopic (exact) mass is 467 g/mol. The molecule has 4 rings (SSSR count). The summed E-state index contributed by atoms with van der Waals surface area (Å²) in [5.74, 6) is -0.259. The van der Waals surface area contributed by atoms with Crippen LogP contribution in [0.15, 0.2) is 41.3 Å². The Morgan fingerprint density at radius 1 is 1.20 bits per heavy atom. The number of hydrogen-bond acceptors (Lipinski definition) is 8. The van der Waals surface area contributed by atoms with Crippen molar-refractivity contribution in [2.24, 2.45) is 0 Å². The Morgan fingerprint density at radius 3 is 2.63 bits per heavy atom. The molecule has 9 nitrogen and oxygen atoms in total. The minimum absolute atomic E-state index is 0.00230. The van der Waals surface area contributed by atoms with Gasteiger partial charge in [-0.05, 0) is 42.8 Å². The number of carbonyl (C=O) groups excluding carboxylic acids is 1. The van der Waals surface area contributed by atoms with Crippen LogP contribution in [-0.2, 0) is 24.8 Å². The number of anilines is 2. The summed E-state index contributed by atoms with van der Waals surface area (Å²) < 4.78 is 59.4. The van der Waals surface area contributed by atoms with Crippen LogP contribution in [0.25, 0.3) is 10.2 Å². The molecule has 30 heavy (non-hydrogen) atoms. The van der Waals surface area contributed by atoms with Gasteiger partial charge in [0.25, 0.3) is 10.0 Å². The summed E-state index contributed by atoms with van der Waals surface area (Å²) in [5, 5.41) is 0.160. The maximum atomic E-state index is 13.0. The Bertz CT molecular complexity index is 1380. The van der Waals surface area contributed by atoms with Gasteiger partial charge in [0.15, 0.2) is 5.13 Å². The molecule has 1 aromatic heterocycles. The number of rotatable bonds is 5. The molecule has 1 saturated heterocycles. The highest BCUT2D eigenvalue weighted by Crippen LogP contribution is 2.33. The van der Waals surface area contributed by atoms with E-state index in [1.807, 2.05) is 0 Å². The number of nitrogens with zero attached hydrogens (tertiary/aromatic N) is 2. The van der Waals surface area contributed by atoms with Crippen LogP contribution >= 0.6 is 11.3 Å².